The average molecular weight is 329 g/mol. The number of para-hydroxylation sites is 1. The molecule has 2 N–H and O–H groups in total. The molecule has 0 spiro atoms. The van der Waals surface area contributed by atoms with Crippen LogP contribution >= 0.6 is 0 Å². The van der Waals surface area contributed by atoms with Crippen molar-refractivity contribution in [3.63, 3.8) is 0 Å². The maximum atomic E-state index is 13.2. The highest BCUT2D eigenvalue weighted by Crippen LogP contribution is 2.17. The Morgan fingerprint density at radius 2 is 1.96 bits per heavy atom. The third-order valence-corrected chi connectivity index (χ3v) is 3.54. The van der Waals surface area contributed by atoms with Gasteiger partial charge in [-0.3, -0.25) is 0 Å². The number of nitrogens with one attached hydrogen (secondary N) is 2. The van der Waals surface area contributed by atoms with Gasteiger partial charge in [0.1, 0.15) is 11.6 Å². The van der Waals surface area contributed by atoms with Gasteiger partial charge >= 0.3 is 0 Å². The van der Waals surface area contributed by atoms with Crippen molar-refractivity contribution in [1.82, 2.24) is 10.6 Å². The van der Waals surface area contributed by atoms with Crippen LogP contribution in [0.4, 0.5) is 4.39 Å². The second-order valence-electron chi connectivity index (χ2n) is 5.31. The summed E-state index contributed by atoms with van der Waals surface area (Å²) in [6.07, 6.45) is 0.733. The van der Waals surface area contributed by atoms with Crippen LogP contribution in [0.5, 0.6) is 5.75 Å². The maximum Gasteiger partial charge on any atom is 0.191 e. The van der Waals surface area contributed by atoms with Crippen LogP contribution in [-0.2, 0) is 13.0 Å². The van der Waals surface area contributed by atoms with Gasteiger partial charge < -0.3 is 15.4 Å². The van der Waals surface area contributed by atoms with Gasteiger partial charge in [0.05, 0.1) is 13.7 Å². The molecule has 2 aromatic carbocycles. The van der Waals surface area contributed by atoms with Crippen molar-refractivity contribution < 1.29 is 9.13 Å². The second kappa shape index (κ2) is 9.55. The molecule has 0 bridgehead atoms. The SMILES string of the molecule is CCNC(=NCc1ccccc1OC)NCCc1cccc(F)c1. The van der Waals surface area contributed by atoms with Crippen molar-refractivity contribution in [2.24, 2.45) is 4.99 Å². The second-order valence-corrected chi connectivity index (χ2v) is 5.31. The molecule has 128 valence electrons. The Kier molecular flexibility index (Phi) is 7.08. The fourth-order valence-electron chi connectivity index (χ4n) is 2.36. The van der Waals surface area contributed by atoms with E-state index in [2.05, 4.69) is 15.6 Å². The molecule has 0 aliphatic heterocycles. The van der Waals surface area contributed by atoms with Crippen molar-refractivity contribution in [3.05, 3.63) is 65.5 Å². The summed E-state index contributed by atoms with van der Waals surface area (Å²) < 4.78 is 18.5. The van der Waals surface area contributed by atoms with E-state index in [0.717, 1.165) is 35.8 Å². The van der Waals surface area contributed by atoms with E-state index in [4.69, 9.17) is 4.74 Å². The Balaban J connectivity index is 1.93. The number of halogens is 1. The molecule has 0 saturated carbocycles. The van der Waals surface area contributed by atoms with Gasteiger partial charge in [-0.15, -0.1) is 0 Å². The van der Waals surface area contributed by atoms with E-state index in [1.807, 2.05) is 37.3 Å². The highest BCUT2D eigenvalue weighted by Gasteiger charge is 2.02. The molecule has 5 heteroatoms. The molecule has 4 nitrogen and oxygen atoms in total. The third-order valence-electron chi connectivity index (χ3n) is 3.54. The third kappa shape index (κ3) is 5.57. The van der Waals surface area contributed by atoms with Crippen LogP contribution in [0.1, 0.15) is 18.1 Å². The first-order valence-electron chi connectivity index (χ1n) is 8.11. The predicted octanol–water partition coefficient (Wildman–Crippen LogP) is 3.13. The number of nitrogens with zero attached hydrogens (tertiary/aromatic N) is 1. The first-order chi connectivity index (χ1) is 11.7. The fraction of sp³-hybridized carbons (Fsp3) is 0.316. The van der Waals surface area contributed by atoms with Gasteiger partial charge in [-0.25, -0.2) is 9.38 Å². The van der Waals surface area contributed by atoms with Crippen LogP contribution in [0.15, 0.2) is 53.5 Å². The summed E-state index contributed by atoms with van der Waals surface area (Å²) in [4.78, 5) is 4.58. The number of guanidine groups is 1. The van der Waals surface area contributed by atoms with E-state index in [1.165, 1.54) is 6.07 Å². The summed E-state index contributed by atoms with van der Waals surface area (Å²) in [7, 11) is 1.66. The Morgan fingerprint density at radius 1 is 1.12 bits per heavy atom. The summed E-state index contributed by atoms with van der Waals surface area (Å²) in [5.74, 6) is 1.36. The predicted molar refractivity (Wildman–Crippen MR) is 95.9 cm³/mol. The molecule has 2 aromatic rings. The largest absolute Gasteiger partial charge is 0.496 e. The summed E-state index contributed by atoms with van der Waals surface area (Å²) in [5.41, 5.74) is 1.99. The minimum atomic E-state index is -0.204. The highest BCUT2D eigenvalue weighted by molar-refractivity contribution is 5.79. The van der Waals surface area contributed by atoms with Crippen LogP contribution in [0.25, 0.3) is 0 Å². The van der Waals surface area contributed by atoms with E-state index in [9.17, 15) is 4.39 Å². The van der Waals surface area contributed by atoms with E-state index in [1.54, 1.807) is 19.2 Å². The van der Waals surface area contributed by atoms with Gasteiger partial charge in [-0.1, -0.05) is 30.3 Å². The number of hydrogen-bond donors (Lipinski definition) is 2. The Hall–Kier alpha value is -2.56. The highest BCUT2D eigenvalue weighted by atomic mass is 19.1. The average Bonchev–Trinajstić information content (AvgIpc) is 2.60. The first kappa shape index (κ1) is 17.8. The smallest absolute Gasteiger partial charge is 0.191 e. The zero-order chi connectivity index (χ0) is 17.2. The number of ether oxygens (including phenoxy) is 1. The van der Waals surface area contributed by atoms with Crippen molar-refractivity contribution in [2.45, 2.75) is 19.9 Å². The van der Waals surface area contributed by atoms with Crippen LogP contribution in [-0.4, -0.2) is 26.2 Å². The molecule has 0 radical (unpaired) electrons. The van der Waals surface area contributed by atoms with Crippen LogP contribution < -0.4 is 15.4 Å². The molecule has 0 atom stereocenters. The standard InChI is InChI=1S/C19H24FN3O/c1-3-21-19(22-12-11-15-7-6-9-17(20)13-15)23-14-16-8-4-5-10-18(16)24-2/h4-10,13H,3,11-12,14H2,1-2H3,(H2,21,22,23). The normalized spacial score (nSPS) is 11.2. The van der Waals surface area contributed by atoms with E-state index < -0.39 is 0 Å². The molecule has 0 amide bonds. The molecular weight excluding hydrogens is 305 g/mol. The zero-order valence-corrected chi connectivity index (χ0v) is 14.2. The van der Waals surface area contributed by atoms with Crippen LogP contribution in [0.3, 0.4) is 0 Å². The monoisotopic (exact) mass is 329 g/mol. The lowest BCUT2D eigenvalue weighted by atomic mass is 10.1. The van der Waals surface area contributed by atoms with E-state index in [-0.39, 0.29) is 5.82 Å². The Morgan fingerprint density at radius 3 is 2.71 bits per heavy atom. The topological polar surface area (TPSA) is 45.7 Å². The van der Waals surface area contributed by atoms with Gasteiger partial charge in [-0.05, 0) is 37.1 Å². The molecular formula is C19H24FN3O. The number of rotatable bonds is 7. The lowest BCUT2D eigenvalue weighted by molar-refractivity contribution is 0.410. The summed E-state index contributed by atoms with van der Waals surface area (Å²) in [6, 6.07) is 14.5. The molecule has 0 saturated heterocycles. The van der Waals surface area contributed by atoms with Crippen molar-refractivity contribution in [2.75, 3.05) is 20.2 Å². The summed E-state index contributed by atoms with van der Waals surface area (Å²) >= 11 is 0. The van der Waals surface area contributed by atoms with Crippen molar-refractivity contribution in [3.8, 4) is 5.75 Å². The zero-order valence-electron chi connectivity index (χ0n) is 14.2. The number of methoxy groups -OCH3 is 1. The summed E-state index contributed by atoms with van der Waals surface area (Å²) in [5, 5.41) is 6.48. The lowest BCUT2D eigenvalue weighted by Crippen LogP contribution is -2.38. The van der Waals surface area contributed by atoms with Gasteiger partial charge in [0, 0.05) is 18.7 Å². The van der Waals surface area contributed by atoms with Gasteiger partial charge in [-0.2, -0.15) is 0 Å². The summed E-state index contributed by atoms with van der Waals surface area (Å²) in [6.45, 7) is 4.01. The number of benzene rings is 2. The first-order valence-corrected chi connectivity index (χ1v) is 8.11. The Labute approximate surface area is 142 Å². The maximum absolute atomic E-state index is 13.2. The van der Waals surface area contributed by atoms with Crippen molar-refractivity contribution in [1.29, 1.82) is 0 Å². The number of aliphatic imine (C=N–C) groups is 1. The minimum absolute atomic E-state index is 0.204. The molecule has 2 rings (SSSR count). The quantitative estimate of drug-likeness (QED) is 0.606. The molecule has 0 fully saturated rings. The number of hydrogen-bond acceptors (Lipinski definition) is 2. The fourth-order valence-corrected chi connectivity index (χ4v) is 2.36. The van der Waals surface area contributed by atoms with Crippen LogP contribution in [0.2, 0.25) is 0 Å². The van der Waals surface area contributed by atoms with E-state index in [0.29, 0.717) is 13.1 Å². The lowest BCUT2D eigenvalue weighted by Gasteiger charge is -2.12. The van der Waals surface area contributed by atoms with E-state index >= 15 is 0 Å². The molecule has 0 aromatic heterocycles. The molecule has 0 unspecified atom stereocenters. The molecule has 0 heterocycles. The molecule has 24 heavy (non-hydrogen) atoms. The van der Waals surface area contributed by atoms with Gasteiger partial charge in [0.25, 0.3) is 0 Å². The minimum Gasteiger partial charge on any atom is -0.496 e. The van der Waals surface area contributed by atoms with Crippen LogP contribution in [0, 0.1) is 5.82 Å². The van der Waals surface area contributed by atoms with Gasteiger partial charge in [0.15, 0.2) is 5.96 Å². The Bertz CT molecular complexity index is 673. The molecule has 0 aliphatic carbocycles. The molecule has 0 aliphatic rings. The van der Waals surface area contributed by atoms with Crippen molar-refractivity contribution >= 4 is 5.96 Å². The van der Waals surface area contributed by atoms with Gasteiger partial charge in [0.2, 0.25) is 0 Å².